The number of ether oxygens (including phenoxy) is 1. The third-order valence-corrected chi connectivity index (χ3v) is 5.35. The number of thiazole rings is 1. The van der Waals surface area contributed by atoms with Gasteiger partial charge in [0.15, 0.2) is 5.13 Å². The van der Waals surface area contributed by atoms with Gasteiger partial charge in [-0.05, 0) is 25.7 Å². The lowest BCUT2D eigenvalue weighted by molar-refractivity contribution is 0.0383. The van der Waals surface area contributed by atoms with Gasteiger partial charge in [-0.2, -0.15) is 0 Å². The minimum absolute atomic E-state index is 0.119. The Morgan fingerprint density at radius 1 is 1.33 bits per heavy atom. The molecule has 0 spiro atoms. The van der Waals surface area contributed by atoms with E-state index < -0.39 is 0 Å². The summed E-state index contributed by atoms with van der Waals surface area (Å²) in [5.41, 5.74) is 0.473. The van der Waals surface area contributed by atoms with E-state index >= 15 is 0 Å². The highest BCUT2D eigenvalue weighted by Crippen LogP contribution is 2.24. The summed E-state index contributed by atoms with van der Waals surface area (Å²) in [6.45, 7) is 4.86. The second kappa shape index (κ2) is 8.75. The van der Waals surface area contributed by atoms with Crippen molar-refractivity contribution < 1.29 is 14.6 Å². The van der Waals surface area contributed by atoms with Crippen molar-refractivity contribution in [3.8, 4) is 0 Å². The van der Waals surface area contributed by atoms with Crippen LogP contribution in [0.25, 0.3) is 0 Å². The molecule has 24 heavy (non-hydrogen) atoms. The molecule has 1 amide bonds. The number of nitrogens with zero attached hydrogens (tertiary/aromatic N) is 2. The van der Waals surface area contributed by atoms with Crippen LogP contribution in [0.5, 0.6) is 0 Å². The van der Waals surface area contributed by atoms with E-state index in [9.17, 15) is 9.90 Å². The highest BCUT2D eigenvalue weighted by Gasteiger charge is 2.20. The monoisotopic (exact) mass is 354 g/mol. The van der Waals surface area contributed by atoms with Crippen LogP contribution in [0.3, 0.4) is 0 Å². The maximum absolute atomic E-state index is 12.2. The summed E-state index contributed by atoms with van der Waals surface area (Å²) < 4.78 is 5.31. The van der Waals surface area contributed by atoms with E-state index in [-0.39, 0.29) is 12.0 Å². The second-order valence-electron chi connectivity index (χ2n) is 6.40. The zero-order valence-electron chi connectivity index (χ0n) is 13.9. The zero-order valence-corrected chi connectivity index (χ0v) is 14.7. The van der Waals surface area contributed by atoms with Gasteiger partial charge in [-0.1, -0.05) is 0 Å². The number of carbonyl (C=O) groups is 1. The molecule has 3 rings (SSSR count). The van der Waals surface area contributed by atoms with Gasteiger partial charge in [0.25, 0.3) is 5.91 Å². The molecule has 0 aromatic carbocycles. The summed E-state index contributed by atoms with van der Waals surface area (Å²) in [6.07, 6.45) is 3.40. The Kier molecular flexibility index (Phi) is 6.42. The van der Waals surface area contributed by atoms with E-state index in [0.29, 0.717) is 18.3 Å². The molecule has 1 aromatic heterocycles. The summed E-state index contributed by atoms with van der Waals surface area (Å²) in [4.78, 5) is 18.8. The number of aromatic nitrogens is 1. The van der Waals surface area contributed by atoms with Crippen LogP contribution in [0, 0.1) is 0 Å². The van der Waals surface area contributed by atoms with Crippen molar-refractivity contribution in [3.05, 3.63) is 11.1 Å². The number of carbonyl (C=O) groups excluding carboxylic acids is 1. The number of hydrogen-bond donors (Lipinski definition) is 3. The minimum atomic E-state index is -0.160. The van der Waals surface area contributed by atoms with Crippen molar-refractivity contribution >= 4 is 22.4 Å². The quantitative estimate of drug-likeness (QED) is 0.704. The highest BCUT2D eigenvalue weighted by atomic mass is 32.1. The van der Waals surface area contributed by atoms with Gasteiger partial charge in [-0.3, -0.25) is 9.69 Å². The third-order valence-electron chi connectivity index (χ3n) is 4.58. The number of hydrogen-bond acceptors (Lipinski definition) is 7. The summed E-state index contributed by atoms with van der Waals surface area (Å²) in [6, 6.07) is 0.344. The number of rotatable bonds is 6. The molecular formula is C16H26N4O3S. The van der Waals surface area contributed by atoms with Gasteiger partial charge < -0.3 is 20.5 Å². The average molecular weight is 354 g/mol. The smallest absolute Gasteiger partial charge is 0.270 e. The van der Waals surface area contributed by atoms with Crippen molar-refractivity contribution in [2.75, 3.05) is 44.7 Å². The van der Waals surface area contributed by atoms with Gasteiger partial charge in [-0.25, -0.2) is 4.98 Å². The van der Waals surface area contributed by atoms with Crippen molar-refractivity contribution in [1.82, 2.24) is 15.2 Å². The normalized spacial score (nSPS) is 25.4. The lowest BCUT2D eigenvalue weighted by Gasteiger charge is -2.26. The molecule has 0 bridgehead atoms. The predicted molar refractivity (Wildman–Crippen MR) is 93.6 cm³/mol. The van der Waals surface area contributed by atoms with Crippen molar-refractivity contribution in [1.29, 1.82) is 0 Å². The summed E-state index contributed by atoms with van der Waals surface area (Å²) in [5, 5.41) is 18.4. The van der Waals surface area contributed by atoms with Crippen LogP contribution in [0.2, 0.25) is 0 Å². The standard InChI is InChI=1S/C16H26N4O3S/c21-13-3-1-12(2-4-13)18-16-19-14(11-24-16)15(22)17-5-6-20-7-9-23-10-8-20/h11-13,21H,1-10H2,(H,17,22)(H,18,19). The van der Waals surface area contributed by atoms with Gasteiger partial charge >= 0.3 is 0 Å². The molecule has 8 heteroatoms. The van der Waals surface area contributed by atoms with Crippen molar-refractivity contribution in [2.45, 2.75) is 37.8 Å². The first-order valence-corrected chi connectivity index (χ1v) is 9.57. The van der Waals surface area contributed by atoms with Crippen LogP contribution < -0.4 is 10.6 Å². The minimum Gasteiger partial charge on any atom is -0.393 e. The topological polar surface area (TPSA) is 86.7 Å². The average Bonchev–Trinajstić information content (AvgIpc) is 3.06. The molecular weight excluding hydrogens is 328 g/mol. The Balaban J connectivity index is 1.40. The third kappa shape index (κ3) is 5.14. The van der Waals surface area contributed by atoms with Crippen LogP contribution in [0.15, 0.2) is 5.38 Å². The molecule has 0 radical (unpaired) electrons. The molecule has 1 saturated heterocycles. The van der Waals surface area contributed by atoms with E-state index in [0.717, 1.165) is 63.7 Å². The van der Waals surface area contributed by atoms with E-state index in [2.05, 4.69) is 20.5 Å². The number of aliphatic hydroxyl groups excluding tert-OH is 1. The molecule has 0 unspecified atom stereocenters. The van der Waals surface area contributed by atoms with Crippen LogP contribution in [-0.2, 0) is 4.74 Å². The van der Waals surface area contributed by atoms with Crippen molar-refractivity contribution in [3.63, 3.8) is 0 Å². The Labute approximate surface area is 146 Å². The first-order chi connectivity index (χ1) is 11.7. The van der Waals surface area contributed by atoms with E-state index in [1.807, 2.05) is 0 Å². The van der Waals surface area contributed by atoms with Gasteiger partial charge in [0, 0.05) is 37.6 Å². The Bertz CT molecular complexity index is 525. The van der Waals surface area contributed by atoms with Gasteiger partial charge in [0.1, 0.15) is 5.69 Å². The van der Waals surface area contributed by atoms with Crippen LogP contribution in [-0.4, -0.2) is 72.4 Å². The Morgan fingerprint density at radius 2 is 2.08 bits per heavy atom. The Hall–Kier alpha value is -1.22. The first-order valence-electron chi connectivity index (χ1n) is 8.69. The maximum Gasteiger partial charge on any atom is 0.270 e. The molecule has 0 atom stereocenters. The SMILES string of the molecule is O=C(NCCN1CCOCC1)c1csc(NC2CCC(O)CC2)n1. The van der Waals surface area contributed by atoms with Gasteiger partial charge in [0.05, 0.1) is 19.3 Å². The van der Waals surface area contributed by atoms with Crippen molar-refractivity contribution in [2.24, 2.45) is 0 Å². The fourth-order valence-corrected chi connectivity index (χ4v) is 3.85. The lowest BCUT2D eigenvalue weighted by atomic mass is 9.93. The van der Waals surface area contributed by atoms with E-state index in [1.165, 1.54) is 11.3 Å². The molecule has 2 aliphatic rings. The first kappa shape index (κ1) is 17.6. The molecule has 1 aliphatic heterocycles. The van der Waals surface area contributed by atoms with Crippen LogP contribution in [0.1, 0.15) is 36.2 Å². The predicted octanol–water partition coefficient (Wildman–Crippen LogP) is 0.920. The fraction of sp³-hybridized carbons (Fsp3) is 0.750. The summed E-state index contributed by atoms with van der Waals surface area (Å²) >= 11 is 1.46. The highest BCUT2D eigenvalue weighted by molar-refractivity contribution is 7.13. The second-order valence-corrected chi connectivity index (χ2v) is 7.26. The molecule has 3 N–H and O–H groups in total. The Morgan fingerprint density at radius 3 is 2.83 bits per heavy atom. The molecule has 134 valence electrons. The number of amides is 1. The van der Waals surface area contributed by atoms with E-state index in [4.69, 9.17) is 4.74 Å². The number of nitrogens with one attached hydrogen (secondary N) is 2. The molecule has 2 heterocycles. The molecule has 1 aliphatic carbocycles. The largest absolute Gasteiger partial charge is 0.393 e. The number of anilines is 1. The molecule has 1 aromatic rings. The van der Waals surface area contributed by atoms with Gasteiger partial charge in [-0.15, -0.1) is 11.3 Å². The summed E-state index contributed by atoms with van der Waals surface area (Å²) in [5.74, 6) is -0.119. The van der Waals surface area contributed by atoms with Crippen LogP contribution >= 0.6 is 11.3 Å². The molecule has 2 fully saturated rings. The molecule has 7 nitrogen and oxygen atoms in total. The number of aliphatic hydroxyl groups is 1. The lowest BCUT2D eigenvalue weighted by Crippen LogP contribution is -2.41. The number of morpholine rings is 1. The van der Waals surface area contributed by atoms with Crippen LogP contribution in [0.4, 0.5) is 5.13 Å². The maximum atomic E-state index is 12.2. The van der Waals surface area contributed by atoms with E-state index in [1.54, 1.807) is 5.38 Å². The molecule has 1 saturated carbocycles. The zero-order chi connectivity index (χ0) is 16.8. The summed E-state index contributed by atoms with van der Waals surface area (Å²) in [7, 11) is 0. The van der Waals surface area contributed by atoms with Gasteiger partial charge in [0.2, 0.25) is 0 Å². The fourth-order valence-electron chi connectivity index (χ4n) is 3.08.